The second-order valence-electron chi connectivity index (χ2n) is 6.24. The molecule has 0 saturated heterocycles. The number of rotatable bonds is 5. The summed E-state index contributed by atoms with van der Waals surface area (Å²) in [6.07, 6.45) is 2.71. The van der Waals surface area contributed by atoms with Crippen LogP contribution < -0.4 is 0 Å². The average molecular weight is 328 g/mol. The number of carbonyl (C=O) groups is 2. The molecule has 23 heavy (non-hydrogen) atoms. The fraction of sp³-hybridized carbons (Fsp3) is 0.368. The van der Waals surface area contributed by atoms with Crippen LogP contribution in [0.5, 0.6) is 0 Å². The molecular weight excluding hydrogens is 308 g/mol. The summed E-state index contributed by atoms with van der Waals surface area (Å²) >= 11 is 1.68. The number of aryl methyl sites for hydroxylation is 2. The van der Waals surface area contributed by atoms with E-state index in [0.29, 0.717) is 12.3 Å². The number of benzene rings is 1. The molecule has 1 atom stereocenters. The molecule has 1 N–H and O–H groups in total. The molecule has 1 aliphatic carbocycles. The van der Waals surface area contributed by atoms with Crippen LogP contribution >= 0.6 is 11.3 Å². The maximum Gasteiger partial charge on any atom is 0.303 e. The Morgan fingerprint density at radius 3 is 2.78 bits per heavy atom. The monoisotopic (exact) mass is 328 g/mol. The van der Waals surface area contributed by atoms with Crippen molar-refractivity contribution in [1.82, 2.24) is 0 Å². The number of hydrogen-bond donors (Lipinski definition) is 1. The highest BCUT2D eigenvalue weighted by Crippen LogP contribution is 2.44. The number of ketones is 1. The minimum Gasteiger partial charge on any atom is -0.481 e. The van der Waals surface area contributed by atoms with Crippen molar-refractivity contribution in [2.45, 2.75) is 45.4 Å². The largest absolute Gasteiger partial charge is 0.481 e. The van der Waals surface area contributed by atoms with Crippen molar-refractivity contribution >= 4 is 23.1 Å². The van der Waals surface area contributed by atoms with E-state index in [-0.39, 0.29) is 12.2 Å². The van der Waals surface area contributed by atoms with E-state index in [1.165, 1.54) is 4.88 Å². The summed E-state index contributed by atoms with van der Waals surface area (Å²) in [5.74, 6) is -0.353. The quantitative estimate of drug-likeness (QED) is 0.823. The molecule has 0 radical (unpaired) electrons. The summed E-state index contributed by atoms with van der Waals surface area (Å²) in [5.41, 5.74) is 3.84. The molecule has 0 bridgehead atoms. The molecule has 1 heterocycles. The SMILES string of the molecule is Cc1cccc(C(=O)c2c(C)sc3c2CCC3CCC(=O)O)c1. The van der Waals surface area contributed by atoms with Crippen LogP contribution in [0.15, 0.2) is 24.3 Å². The molecule has 0 saturated carbocycles. The van der Waals surface area contributed by atoms with E-state index in [4.69, 9.17) is 5.11 Å². The molecular formula is C19H20O3S. The Bertz CT molecular complexity index is 773. The first kappa shape index (κ1) is 15.9. The molecule has 2 aromatic rings. The van der Waals surface area contributed by atoms with E-state index in [9.17, 15) is 9.59 Å². The average Bonchev–Trinajstić information content (AvgIpc) is 3.02. The lowest BCUT2D eigenvalue weighted by Crippen LogP contribution is -2.04. The van der Waals surface area contributed by atoms with Crippen LogP contribution in [0.1, 0.15) is 62.0 Å². The summed E-state index contributed by atoms with van der Waals surface area (Å²) in [6.45, 7) is 3.99. The van der Waals surface area contributed by atoms with Crippen molar-refractivity contribution < 1.29 is 14.7 Å². The number of carboxylic acid groups (broad SMARTS) is 1. The molecule has 0 fully saturated rings. The number of carboxylic acids is 1. The Kier molecular flexibility index (Phi) is 4.35. The molecule has 4 heteroatoms. The minimum absolute atomic E-state index is 0.0996. The first-order valence-electron chi connectivity index (χ1n) is 7.92. The van der Waals surface area contributed by atoms with Crippen LogP contribution in [-0.2, 0) is 11.2 Å². The smallest absolute Gasteiger partial charge is 0.303 e. The van der Waals surface area contributed by atoms with Crippen LogP contribution in [0.4, 0.5) is 0 Å². The lowest BCUT2D eigenvalue weighted by atomic mass is 9.97. The molecule has 3 rings (SSSR count). The van der Waals surface area contributed by atoms with Gasteiger partial charge in [-0.3, -0.25) is 9.59 Å². The molecule has 1 aromatic carbocycles. The third-order valence-corrected chi connectivity index (χ3v) is 5.85. The molecule has 1 unspecified atom stereocenters. The van der Waals surface area contributed by atoms with E-state index >= 15 is 0 Å². The molecule has 1 aromatic heterocycles. The lowest BCUT2D eigenvalue weighted by molar-refractivity contribution is -0.137. The van der Waals surface area contributed by atoms with Crippen molar-refractivity contribution in [2.75, 3.05) is 0 Å². The van der Waals surface area contributed by atoms with Crippen LogP contribution in [-0.4, -0.2) is 16.9 Å². The van der Waals surface area contributed by atoms with Crippen LogP contribution in [0.2, 0.25) is 0 Å². The van der Waals surface area contributed by atoms with E-state index in [2.05, 4.69) is 0 Å². The first-order chi connectivity index (χ1) is 11.0. The van der Waals surface area contributed by atoms with Crippen LogP contribution in [0, 0.1) is 13.8 Å². The third-order valence-electron chi connectivity index (χ3n) is 4.54. The van der Waals surface area contributed by atoms with Gasteiger partial charge in [-0.1, -0.05) is 23.8 Å². The Morgan fingerprint density at radius 2 is 2.09 bits per heavy atom. The first-order valence-corrected chi connectivity index (χ1v) is 8.74. The molecule has 3 nitrogen and oxygen atoms in total. The summed E-state index contributed by atoms with van der Waals surface area (Å²) in [7, 11) is 0. The van der Waals surface area contributed by atoms with Gasteiger partial charge < -0.3 is 5.11 Å². The zero-order chi connectivity index (χ0) is 16.6. The second kappa shape index (κ2) is 6.28. The summed E-state index contributed by atoms with van der Waals surface area (Å²) in [4.78, 5) is 26.0. The number of carbonyl (C=O) groups excluding carboxylic acids is 1. The molecule has 120 valence electrons. The van der Waals surface area contributed by atoms with Crippen molar-refractivity contribution in [3.63, 3.8) is 0 Å². The van der Waals surface area contributed by atoms with Crippen molar-refractivity contribution in [3.8, 4) is 0 Å². The van der Waals surface area contributed by atoms with E-state index < -0.39 is 5.97 Å². The fourth-order valence-electron chi connectivity index (χ4n) is 3.44. The fourth-order valence-corrected chi connectivity index (χ4v) is 4.82. The Labute approximate surface area is 140 Å². The highest BCUT2D eigenvalue weighted by molar-refractivity contribution is 7.12. The predicted molar refractivity (Wildman–Crippen MR) is 91.6 cm³/mol. The zero-order valence-corrected chi connectivity index (χ0v) is 14.2. The Balaban J connectivity index is 1.92. The zero-order valence-electron chi connectivity index (χ0n) is 13.4. The van der Waals surface area contributed by atoms with Gasteiger partial charge in [-0.2, -0.15) is 0 Å². The molecule has 0 spiro atoms. The highest BCUT2D eigenvalue weighted by Gasteiger charge is 2.31. The summed E-state index contributed by atoms with van der Waals surface area (Å²) < 4.78 is 0. The van der Waals surface area contributed by atoms with Gasteiger partial charge in [-0.15, -0.1) is 11.3 Å². The van der Waals surface area contributed by atoms with E-state index in [1.807, 2.05) is 38.1 Å². The van der Waals surface area contributed by atoms with Gasteiger partial charge in [0.05, 0.1) is 0 Å². The standard InChI is InChI=1S/C19H20O3S/c1-11-4-3-5-14(10-11)18(22)17-12(2)23-19-13(6-8-15(17)19)7-9-16(20)21/h3-5,10,13H,6-9H2,1-2H3,(H,20,21). The maximum absolute atomic E-state index is 12.9. The predicted octanol–water partition coefficient (Wildman–Crippen LogP) is 4.49. The van der Waals surface area contributed by atoms with Gasteiger partial charge in [-0.05, 0) is 50.7 Å². The van der Waals surface area contributed by atoms with Gasteiger partial charge in [-0.25, -0.2) is 0 Å². The molecule has 0 aliphatic heterocycles. The third kappa shape index (κ3) is 3.08. The maximum atomic E-state index is 12.9. The van der Waals surface area contributed by atoms with Gasteiger partial charge >= 0.3 is 5.97 Å². The molecule has 0 amide bonds. The van der Waals surface area contributed by atoms with Gasteiger partial charge in [0.2, 0.25) is 0 Å². The normalized spacial score (nSPS) is 16.3. The summed E-state index contributed by atoms with van der Waals surface area (Å²) in [5, 5.41) is 8.89. The number of aliphatic carboxylic acids is 1. The molecule has 1 aliphatic rings. The van der Waals surface area contributed by atoms with Crippen LogP contribution in [0.25, 0.3) is 0 Å². The van der Waals surface area contributed by atoms with Gasteiger partial charge in [0.1, 0.15) is 0 Å². The number of hydrogen-bond acceptors (Lipinski definition) is 3. The topological polar surface area (TPSA) is 54.4 Å². The van der Waals surface area contributed by atoms with Crippen molar-refractivity contribution in [2.24, 2.45) is 0 Å². The summed E-state index contributed by atoms with van der Waals surface area (Å²) in [6, 6.07) is 7.71. The second-order valence-corrected chi connectivity index (χ2v) is 7.50. The van der Waals surface area contributed by atoms with E-state index in [1.54, 1.807) is 11.3 Å². The van der Waals surface area contributed by atoms with Gasteiger partial charge in [0.25, 0.3) is 0 Å². The van der Waals surface area contributed by atoms with E-state index in [0.717, 1.165) is 40.0 Å². The Morgan fingerprint density at radius 1 is 1.30 bits per heavy atom. The Hall–Kier alpha value is -1.94. The lowest BCUT2D eigenvalue weighted by Gasteiger charge is -2.06. The minimum atomic E-state index is -0.747. The van der Waals surface area contributed by atoms with Crippen LogP contribution in [0.3, 0.4) is 0 Å². The van der Waals surface area contributed by atoms with Gasteiger partial charge in [0, 0.05) is 27.3 Å². The van der Waals surface area contributed by atoms with Crippen molar-refractivity contribution in [1.29, 1.82) is 0 Å². The van der Waals surface area contributed by atoms with Gasteiger partial charge in [0.15, 0.2) is 5.78 Å². The highest BCUT2D eigenvalue weighted by atomic mass is 32.1. The number of thiophene rings is 1. The van der Waals surface area contributed by atoms with Crippen molar-refractivity contribution in [3.05, 3.63) is 56.3 Å². The number of fused-ring (bicyclic) bond motifs is 1.